The van der Waals surface area contributed by atoms with Crippen molar-refractivity contribution in [2.45, 2.75) is 13.2 Å². The number of methoxy groups -OCH3 is 1. The van der Waals surface area contributed by atoms with E-state index in [0.717, 1.165) is 11.1 Å². The molecule has 0 aliphatic carbocycles. The number of halogens is 1. The van der Waals surface area contributed by atoms with Crippen LogP contribution in [0.15, 0.2) is 18.2 Å². The van der Waals surface area contributed by atoms with Crippen molar-refractivity contribution in [3.05, 3.63) is 35.1 Å². The Morgan fingerprint density at radius 1 is 1.00 bits per heavy atom. The van der Waals surface area contributed by atoms with Gasteiger partial charge in [-0.05, 0) is 23.3 Å². The second-order valence-corrected chi connectivity index (χ2v) is 3.83. The van der Waals surface area contributed by atoms with Gasteiger partial charge in [-0.1, -0.05) is 6.07 Å². The third kappa shape index (κ3) is 6.07. The minimum Gasteiger partial charge on any atom is -0.382 e. The number of benzene rings is 1. The van der Waals surface area contributed by atoms with Crippen molar-refractivity contribution in [1.29, 1.82) is 0 Å². The first kappa shape index (κ1) is 15.0. The summed E-state index contributed by atoms with van der Waals surface area (Å²) in [4.78, 5) is 0. The van der Waals surface area contributed by atoms with Gasteiger partial charge in [0.2, 0.25) is 0 Å². The van der Waals surface area contributed by atoms with Crippen molar-refractivity contribution in [1.82, 2.24) is 0 Å². The van der Waals surface area contributed by atoms with Gasteiger partial charge in [0.05, 0.1) is 33.0 Å². The molecule has 2 N–H and O–H groups in total. The summed E-state index contributed by atoms with van der Waals surface area (Å²) in [6.07, 6.45) is 0. The highest BCUT2D eigenvalue weighted by atomic mass is 19.1. The van der Waals surface area contributed by atoms with Gasteiger partial charge in [0.25, 0.3) is 0 Å². The molecule has 0 unspecified atom stereocenters. The third-order valence-corrected chi connectivity index (χ3v) is 2.33. The highest BCUT2D eigenvalue weighted by Gasteiger charge is 2.00. The molecule has 1 rings (SSSR count). The smallest absolute Gasteiger partial charge is 0.123 e. The van der Waals surface area contributed by atoms with Crippen LogP contribution in [0.5, 0.6) is 0 Å². The Kier molecular flexibility index (Phi) is 7.52. The molecule has 0 heterocycles. The molecule has 0 fully saturated rings. The number of ether oxygens (including phenoxy) is 3. The van der Waals surface area contributed by atoms with Gasteiger partial charge in [0.15, 0.2) is 0 Å². The summed E-state index contributed by atoms with van der Waals surface area (Å²) in [7, 11) is 1.62. The van der Waals surface area contributed by atoms with Crippen LogP contribution in [0.1, 0.15) is 11.1 Å². The van der Waals surface area contributed by atoms with Crippen molar-refractivity contribution >= 4 is 0 Å². The summed E-state index contributed by atoms with van der Waals surface area (Å²) in [6, 6.07) is 4.72. The molecule has 1 aromatic rings. The summed E-state index contributed by atoms with van der Waals surface area (Å²) in [6.45, 7) is 2.78. The van der Waals surface area contributed by atoms with Crippen molar-refractivity contribution in [2.24, 2.45) is 5.73 Å². The molecule has 0 spiro atoms. The lowest BCUT2D eigenvalue weighted by atomic mass is 10.1. The van der Waals surface area contributed by atoms with Crippen LogP contribution in [0.2, 0.25) is 0 Å². The van der Waals surface area contributed by atoms with E-state index in [4.69, 9.17) is 19.9 Å². The molecule has 18 heavy (non-hydrogen) atoms. The van der Waals surface area contributed by atoms with Gasteiger partial charge in [0, 0.05) is 13.7 Å². The lowest BCUT2D eigenvalue weighted by Crippen LogP contribution is -2.08. The molecule has 0 aliphatic rings. The van der Waals surface area contributed by atoms with Crippen LogP contribution in [0.3, 0.4) is 0 Å². The number of hydrogen-bond donors (Lipinski definition) is 1. The van der Waals surface area contributed by atoms with Gasteiger partial charge in [-0.2, -0.15) is 0 Å². The third-order valence-electron chi connectivity index (χ3n) is 2.33. The molecule has 0 bridgehead atoms. The number of nitrogens with two attached hydrogens (primary N) is 1. The lowest BCUT2D eigenvalue weighted by molar-refractivity contribution is 0.0199. The van der Waals surface area contributed by atoms with Crippen LogP contribution in [-0.4, -0.2) is 33.5 Å². The first-order valence-electron chi connectivity index (χ1n) is 5.89. The Balaban J connectivity index is 2.20. The van der Waals surface area contributed by atoms with E-state index >= 15 is 0 Å². The van der Waals surface area contributed by atoms with E-state index < -0.39 is 0 Å². The molecule has 0 atom stereocenters. The summed E-state index contributed by atoms with van der Waals surface area (Å²) >= 11 is 0. The van der Waals surface area contributed by atoms with Crippen LogP contribution in [0.4, 0.5) is 4.39 Å². The second kappa shape index (κ2) is 8.99. The monoisotopic (exact) mass is 257 g/mol. The second-order valence-electron chi connectivity index (χ2n) is 3.83. The van der Waals surface area contributed by atoms with Crippen molar-refractivity contribution in [2.75, 3.05) is 33.5 Å². The highest BCUT2D eigenvalue weighted by molar-refractivity contribution is 5.24. The van der Waals surface area contributed by atoms with Gasteiger partial charge in [0.1, 0.15) is 5.82 Å². The van der Waals surface area contributed by atoms with Crippen LogP contribution < -0.4 is 5.73 Å². The fourth-order valence-electron chi connectivity index (χ4n) is 1.47. The average Bonchev–Trinajstić information content (AvgIpc) is 2.37. The molecule has 0 aliphatic heterocycles. The predicted octanol–water partition coefficient (Wildman–Crippen LogP) is 1.46. The van der Waals surface area contributed by atoms with Crippen molar-refractivity contribution in [3.63, 3.8) is 0 Å². The minimum absolute atomic E-state index is 0.284. The van der Waals surface area contributed by atoms with Crippen LogP contribution >= 0.6 is 0 Å². The fourth-order valence-corrected chi connectivity index (χ4v) is 1.47. The Labute approximate surface area is 107 Å². The molecule has 0 aromatic heterocycles. The number of rotatable bonds is 9. The van der Waals surface area contributed by atoms with E-state index in [9.17, 15) is 4.39 Å². The first-order chi connectivity index (χ1) is 8.76. The maximum Gasteiger partial charge on any atom is 0.123 e. The van der Waals surface area contributed by atoms with Gasteiger partial charge >= 0.3 is 0 Å². The highest BCUT2D eigenvalue weighted by Crippen LogP contribution is 2.09. The molecule has 4 nitrogen and oxygen atoms in total. The van der Waals surface area contributed by atoms with Crippen LogP contribution in [-0.2, 0) is 27.4 Å². The molecule has 0 radical (unpaired) electrons. The molecule has 0 saturated heterocycles. The summed E-state index contributed by atoms with van der Waals surface area (Å²) in [5.74, 6) is -0.284. The van der Waals surface area contributed by atoms with E-state index in [1.807, 2.05) is 6.07 Å². The zero-order valence-electron chi connectivity index (χ0n) is 10.7. The lowest BCUT2D eigenvalue weighted by Gasteiger charge is -2.07. The van der Waals surface area contributed by atoms with E-state index in [0.29, 0.717) is 39.6 Å². The molecule has 102 valence electrons. The van der Waals surface area contributed by atoms with E-state index in [1.165, 1.54) is 12.1 Å². The van der Waals surface area contributed by atoms with E-state index in [-0.39, 0.29) is 5.82 Å². The molecule has 0 saturated carbocycles. The van der Waals surface area contributed by atoms with E-state index in [1.54, 1.807) is 7.11 Å². The standard InChI is InChI=1S/C13H20FNO3/c1-16-2-3-17-4-5-18-10-12-6-11(9-15)7-13(14)8-12/h6-8H,2-5,9-10,15H2,1H3. The maximum atomic E-state index is 13.2. The minimum atomic E-state index is -0.284. The van der Waals surface area contributed by atoms with Gasteiger partial charge in [-0.3, -0.25) is 0 Å². The predicted molar refractivity (Wildman–Crippen MR) is 66.6 cm³/mol. The molecular formula is C13H20FNO3. The van der Waals surface area contributed by atoms with Crippen LogP contribution in [0.25, 0.3) is 0 Å². The van der Waals surface area contributed by atoms with Gasteiger partial charge in [-0.25, -0.2) is 4.39 Å². The maximum absolute atomic E-state index is 13.2. The van der Waals surface area contributed by atoms with E-state index in [2.05, 4.69) is 0 Å². The summed E-state index contributed by atoms with van der Waals surface area (Å²) in [5.41, 5.74) is 7.02. The van der Waals surface area contributed by atoms with Crippen molar-refractivity contribution < 1.29 is 18.6 Å². The Morgan fingerprint density at radius 3 is 2.39 bits per heavy atom. The number of hydrogen-bond acceptors (Lipinski definition) is 4. The normalized spacial score (nSPS) is 10.8. The summed E-state index contributed by atoms with van der Waals surface area (Å²) in [5, 5.41) is 0. The summed E-state index contributed by atoms with van der Waals surface area (Å²) < 4.78 is 28.6. The Bertz CT molecular complexity index is 347. The largest absolute Gasteiger partial charge is 0.382 e. The topological polar surface area (TPSA) is 53.7 Å². The molecule has 0 amide bonds. The molecule has 5 heteroatoms. The zero-order chi connectivity index (χ0) is 13.2. The molecular weight excluding hydrogens is 237 g/mol. The Hall–Kier alpha value is -1.01. The average molecular weight is 257 g/mol. The fraction of sp³-hybridized carbons (Fsp3) is 0.538. The van der Waals surface area contributed by atoms with Gasteiger partial charge in [-0.15, -0.1) is 0 Å². The zero-order valence-corrected chi connectivity index (χ0v) is 10.7. The molecule has 1 aromatic carbocycles. The van der Waals surface area contributed by atoms with Gasteiger partial charge < -0.3 is 19.9 Å². The SMILES string of the molecule is COCCOCCOCc1cc(F)cc(CN)c1. The Morgan fingerprint density at radius 2 is 1.67 bits per heavy atom. The van der Waals surface area contributed by atoms with Crippen LogP contribution in [0, 0.1) is 5.82 Å². The first-order valence-corrected chi connectivity index (χ1v) is 5.89. The quantitative estimate of drug-likeness (QED) is 0.681. The van der Waals surface area contributed by atoms with Crippen molar-refractivity contribution in [3.8, 4) is 0 Å².